The van der Waals surface area contributed by atoms with Crippen LogP contribution in [0.5, 0.6) is 0 Å². The Balaban J connectivity index is 2.21. The van der Waals surface area contributed by atoms with Gasteiger partial charge in [-0.1, -0.05) is 17.7 Å². The lowest BCUT2D eigenvalue weighted by Crippen LogP contribution is -2.35. The van der Waals surface area contributed by atoms with E-state index in [1.54, 1.807) is 0 Å². The molecular formula is C14H20N2O. The van der Waals surface area contributed by atoms with E-state index in [9.17, 15) is 4.79 Å². The number of carbonyl (C=O) groups excluding carboxylic acids is 1. The molecule has 2 N–H and O–H groups in total. The molecule has 1 aromatic carbocycles. The molecule has 2 rings (SSSR count). The van der Waals surface area contributed by atoms with Gasteiger partial charge in [0.25, 0.3) is 0 Å². The van der Waals surface area contributed by atoms with Gasteiger partial charge in [-0.2, -0.15) is 0 Å². The predicted molar refractivity (Wildman–Crippen MR) is 69.9 cm³/mol. The van der Waals surface area contributed by atoms with Gasteiger partial charge in [-0.15, -0.1) is 0 Å². The van der Waals surface area contributed by atoms with Crippen LogP contribution >= 0.6 is 0 Å². The number of rotatable bonds is 2. The Morgan fingerprint density at radius 2 is 2.06 bits per heavy atom. The highest BCUT2D eigenvalue weighted by molar-refractivity contribution is 5.93. The van der Waals surface area contributed by atoms with E-state index in [1.807, 2.05) is 29.2 Å². The number of aryl methyl sites for hydroxylation is 1. The standard InChI is InChI=1S/C14H20N2O/c1-11-5-7-13(8-6-11)16-10-12(9-15)3-2-4-14(16)17/h5-8,12H,2-4,9-10,15H2,1H3. The number of anilines is 1. The summed E-state index contributed by atoms with van der Waals surface area (Å²) in [7, 11) is 0. The van der Waals surface area contributed by atoms with Crippen LogP contribution in [0.4, 0.5) is 5.69 Å². The van der Waals surface area contributed by atoms with E-state index in [2.05, 4.69) is 6.92 Å². The van der Waals surface area contributed by atoms with E-state index in [1.165, 1.54) is 5.56 Å². The number of amides is 1. The van der Waals surface area contributed by atoms with E-state index in [0.29, 0.717) is 18.9 Å². The second-order valence-electron chi connectivity index (χ2n) is 4.83. The van der Waals surface area contributed by atoms with E-state index in [4.69, 9.17) is 5.73 Å². The maximum absolute atomic E-state index is 12.0. The van der Waals surface area contributed by atoms with Gasteiger partial charge in [0, 0.05) is 18.7 Å². The number of carbonyl (C=O) groups is 1. The lowest BCUT2D eigenvalue weighted by molar-refractivity contribution is -0.118. The smallest absolute Gasteiger partial charge is 0.226 e. The fourth-order valence-corrected chi connectivity index (χ4v) is 2.29. The van der Waals surface area contributed by atoms with E-state index < -0.39 is 0 Å². The molecule has 1 unspecified atom stereocenters. The van der Waals surface area contributed by atoms with Gasteiger partial charge in [-0.25, -0.2) is 0 Å². The zero-order valence-corrected chi connectivity index (χ0v) is 10.4. The number of nitrogens with two attached hydrogens (primary N) is 1. The van der Waals surface area contributed by atoms with Crippen molar-refractivity contribution in [1.29, 1.82) is 0 Å². The Morgan fingerprint density at radius 1 is 1.35 bits per heavy atom. The Morgan fingerprint density at radius 3 is 2.71 bits per heavy atom. The Bertz CT molecular complexity index is 386. The molecule has 0 aliphatic carbocycles. The third kappa shape index (κ3) is 2.86. The average molecular weight is 232 g/mol. The van der Waals surface area contributed by atoms with Gasteiger partial charge >= 0.3 is 0 Å². The van der Waals surface area contributed by atoms with Gasteiger partial charge in [-0.05, 0) is 44.4 Å². The molecule has 17 heavy (non-hydrogen) atoms. The lowest BCUT2D eigenvalue weighted by atomic mass is 10.0. The van der Waals surface area contributed by atoms with Crippen LogP contribution in [0.3, 0.4) is 0 Å². The van der Waals surface area contributed by atoms with Crippen LogP contribution in [-0.2, 0) is 4.79 Å². The Kier molecular flexibility index (Phi) is 3.79. The quantitative estimate of drug-likeness (QED) is 0.848. The van der Waals surface area contributed by atoms with Gasteiger partial charge in [0.1, 0.15) is 0 Å². The van der Waals surface area contributed by atoms with Gasteiger partial charge in [0.05, 0.1) is 0 Å². The summed E-state index contributed by atoms with van der Waals surface area (Å²) in [5, 5.41) is 0. The SMILES string of the molecule is Cc1ccc(N2CC(CN)CCCC2=O)cc1. The molecule has 1 saturated heterocycles. The molecule has 1 amide bonds. The molecule has 0 aromatic heterocycles. The average Bonchev–Trinajstić information content (AvgIpc) is 2.52. The van der Waals surface area contributed by atoms with Crippen molar-refractivity contribution in [3.8, 4) is 0 Å². The first-order chi connectivity index (χ1) is 8.20. The highest BCUT2D eigenvalue weighted by atomic mass is 16.2. The summed E-state index contributed by atoms with van der Waals surface area (Å²) in [6.45, 7) is 3.48. The van der Waals surface area contributed by atoms with Crippen LogP contribution in [-0.4, -0.2) is 19.0 Å². The number of hydrogen-bond acceptors (Lipinski definition) is 2. The summed E-state index contributed by atoms with van der Waals surface area (Å²) in [5.74, 6) is 0.660. The third-order valence-corrected chi connectivity index (χ3v) is 3.42. The molecule has 1 aromatic rings. The van der Waals surface area contributed by atoms with E-state index >= 15 is 0 Å². The van der Waals surface area contributed by atoms with Gasteiger partial charge in [0.2, 0.25) is 5.91 Å². The molecule has 0 saturated carbocycles. The number of benzene rings is 1. The van der Waals surface area contributed by atoms with Crippen LogP contribution in [0, 0.1) is 12.8 Å². The molecule has 1 fully saturated rings. The molecule has 1 aliphatic rings. The highest BCUT2D eigenvalue weighted by Crippen LogP contribution is 2.23. The van der Waals surface area contributed by atoms with E-state index in [-0.39, 0.29) is 5.91 Å². The summed E-state index contributed by atoms with van der Waals surface area (Å²) in [6.07, 6.45) is 2.66. The summed E-state index contributed by atoms with van der Waals surface area (Å²) in [6, 6.07) is 8.13. The molecular weight excluding hydrogens is 212 g/mol. The summed E-state index contributed by atoms with van der Waals surface area (Å²) in [5.41, 5.74) is 7.96. The molecule has 92 valence electrons. The van der Waals surface area contributed by atoms with Crippen LogP contribution in [0.15, 0.2) is 24.3 Å². The molecule has 1 atom stereocenters. The maximum Gasteiger partial charge on any atom is 0.226 e. The van der Waals surface area contributed by atoms with Crippen molar-refractivity contribution in [2.24, 2.45) is 11.7 Å². The third-order valence-electron chi connectivity index (χ3n) is 3.42. The second kappa shape index (κ2) is 5.32. The molecule has 0 radical (unpaired) electrons. The first-order valence-corrected chi connectivity index (χ1v) is 6.28. The van der Waals surface area contributed by atoms with Crippen molar-refractivity contribution >= 4 is 11.6 Å². The van der Waals surface area contributed by atoms with Crippen molar-refractivity contribution in [3.05, 3.63) is 29.8 Å². The first kappa shape index (κ1) is 12.1. The zero-order valence-electron chi connectivity index (χ0n) is 10.4. The van der Waals surface area contributed by atoms with Crippen LogP contribution in [0.1, 0.15) is 24.8 Å². The van der Waals surface area contributed by atoms with Gasteiger partial charge < -0.3 is 10.6 Å². The van der Waals surface area contributed by atoms with Crippen LogP contribution in [0.2, 0.25) is 0 Å². The summed E-state index contributed by atoms with van der Waals surface area (Å²) >= 11 is 0. The van der Waals surface area contributed by atoms with E-state index in [0.717, 1.165) is 25.1 Å². The lowest BCUT2D eigenvalue weighted by Gasteiger charge is -2.24. The Labute approximate surface area is 103 Å². The normalized spacial score (nSPS) is 21.4. The van der Waals surface area contributed by atoms with Crippen molar-refractivity contribution in [3.63, 3.8) is 0 Å². The minimum atomic E-state index is 0.227. The van der Waals surface area contributed by atoms with Crippen molar-refractivity contribution in [1.82, 2.24) is 0 Å². The topological polar surface area (TPSA) is 46.3 Å². The van der Waals surface area contributed by atoms with Crippen LogP contribution in [0.25, 0.3) is 0 Å². The van der Waals surface area contributed by atoms with Crippen molar-refractivity contribution in [2.75, 3.05) is 18.0 Å². The van der Waals surface area contributed by atoms with Crippen molar-refractivity contribution in [2.45, 2.75) is 26.2 Å². The molecule has 3 heteroatoms. The molecule has 1 aliphatic heterocycles. The number of nitrogens with zero attached hydrogens (tertiary/aromatic N) is 1. The Hall–Kier alpha value is -1.35. The molecule has 3 nitrogen and oxygen atoms in total. The summed E-state index contributed by atoms with van der Waals surface area (Å²) in [4.78, 5) is 13.9. The van der Waals surface area contributed by atoms with Gasteiger partial charge in [-0.3, -0.25) is 4.79 Å². The molecule has 0 bridgehead atoms. The summed E-state index contributed by atoms with van der Waals surface area (Å²) < 4.78 is 0. The maximum atomic E-state index is 12.0. The second-order valence-corrected chi connectivity index (χ2v) is 4.83. The van der Waals surface area contributed by atoms with Gasteiger partial charge in [0.15, 0.2) is 0 Å². The fourth-order valence-electron chi connectivity index (χ4n) is 2.29. The predicted octanol–water partition coefficient (Wildman–Crippen LogP) is 2.09. The number of hydrogen-bond donors (Lipinski definition) is 1. The largest absolute Gasteiger partial charge is 0.330 e. The molecule has 0 spiro atoms. The zero-order chi connectivity index (χ0) is 12.3. The first-order valence-electron chi connectivity index (χ1n) is 6.28. The van der Waals surface area contributed by atoms with Crippen molar-refractivity contribution < 1.29 is 4.79 Å². The highest BCUT2D eigenvalue weighted by Gasteiger charge is 2.23. The van der Waals surface area contributed by atoms with Crippen LogP contribution < -0.4 is 10.6 Å². The fraction of sp³-hybridized carbons (Fsp3) is 0.500. The minimum absolute atomic E-state index is 0.227. The monoisotopic (exact) mass is 232 g/mol. The minimum Gasteiger partial charge on any atom is -0.330 e. The molecule has 1 heterocycles.